The molecule has 0 aromatic heterocycles. The topological polar surface area (TPSA) is 39.7 Å². The first-order chi connectivity index (χ1) is 9.52. The minimum absolute atomic E-state index is 0.0555. The smallest absolute Gasteiger partial charge is 0.387 e. The fourth-order valence-electron chi connectivity index (χ4n) is 2.08. The van der Waals surface area contributed by atoms with Crippen molar-refractivity contribution >= 4 is 0 Å². The molecule has 1 aliphatic heterocycles. The van der Waals surface area contributed by atoms with Crippen molar-refractivity contribution in [1.29, 1.82) is 0 Å². The van der Waals surface area contributed by atoms with Gasteiger partial charge < -0.3 is 19.5 Å². The van der Waals surface area contributed by atoms with Crippen molar-refractivity contribution in [1.82, 2.24) is 5.32 Å². The molecule has 0 radical (unpaired) electrons. The Labute approximate surface area is 117 Å². The Morgan fingerprint density at radius 3 is 2.65 bits per heavy atom. The Morgan fingerprint density at radius 2 is 2.10 bits per heavy atom. The molecule has 1 heterocycles. The molecule has 0 saturated carbocycles. The maximum atomic E-state index is 12.3. The van der Waals surface area contributed by atoms with Crippen LogP contribution in [0.1, 0.15) is 12.5 Å². The van der Waals surface area contributed by atoms with Crippen LogP contribution in [0.5, 0.6) is 11.5 Å². The average molecular weight is 287 g/mol. The van der Waals surface area contributed by atoms with Crippen LogP contribution < -0.4 is 14.8 Å². The summed E-state index contributed by atoms with van der Waals surface area (Å²) in [5, 5.41) is 3.30. The van der Waals surface area contributed by atoms with E-state index in [1.807, 2.05) is 6.07 Å². The molecule has 20 heavy (non-hydrogen) atoms. The number of hydrogen-bond donors (Lipinski definition) is 1. The summed E-state index contributed by atoms with van der Waals surface area (Å²) < 4.78 is 39.3. The van der Waals surface area contributed by atoms with Crippen molar-refractivity contribution in [3.63, 3.8) is 0 Å². The summed E-state index contributed by atoms with van der Waals surface area (Å²) in [6, 6.07) is 5.02. The van der Waals surface area contributed by atoms with Gasteiger partial charge in [0, 0.05) is 18.5 Å². The monoisotopic (exact) mass is 287 g/mol. The molecule has 4 nitrogen and oxygen atoms in total. The Hall–Kier alpha value is -1.40. The molecular formula is C14H19F2NO3. The van der Waals surface area contributed by atoms with Crippen LogP contribution in [0.2, 0.25) is 0 Å². The van der Waals surface area contributed by atoms with Gasteiger partial charge >= 0.3 is 6.61 Å². The van der Waals surface area contributed by atoms with Gasteiger partial charge in [-0.3, -0.25) is 0 Å². The third-order valence-electron chi connectivity index (χ3n) is 3.23. The van der Waals surface area contributed by atoms with Gasteiger partial charge in [0.25, 0.3) is 0 Å². The molecule has 1 aromatic carbocycles. The molecule has 0 aliphatic carbocycles. The van der Waals surface area contributed by atoms with Crippen LogP contribution in [0.4, 0.5) is 8.78 Å². The molecule has 1 aliphatic rings. The summed E-state index contributed by atoms with van der Waals surface area (Å²) in [6.45, 7) is 2.19. The van der Waals surface area contributed by atoms with E-state index >= 15 is 0 Å². The molecule has 0 spiro atoms. The summed E-state index contributed by atoms with van der Waals surface area (Å²) in [5.41, 5.74) is 1.04. The lowest BCUT2D eigenvalue weighted by Crippen LogP contribution is -2.47. The summed E-state index contributed by atoms with van der Waals surface area (Å²) in [4.78, 5) is 0. The highest BCUT2D eigenvalue weighted by atomic mass is 19.3. The Balaban J connectivity index is 1.93. The predicted octanol–water partition coefficient (Wildman–Crippen LogP) is 2.42. The van der Waals surface area contributed by atoms with Crippen molar-refractivity contribution in [2.45, 2.75) is 20.1 Å². The first-order valence-electron chi connectivity index (χ1n) is 6.43. The van der Waals surface area contributed by atoms with Crippen LogP contribution in [0.3, 0.4) is 0 Å². The van der Waals surface area contributed by atoms with E-state index in [0.29, 0.717) is 12.3 Å². The molecule has 1 fully saturated rings. The Morgan fingerprint density at radius 1 is 1.35 bits per heavy atom. The van der Waals surface area contributed by atoms with Crippen LogP contribution >= 0.6 is 0 Å². The van der Waals surface area contributed by atoms with E-state index in [-0.39, 0.29) is 11.2 Å². The largest absolute Gasteiger partial charge is 0.493 e. The van der Waals surface area contributed by atoms with Crippen LogP contribution in [0.25, 0.3) is 0 Å². The third kappa shape index (κ3) is 3.80. The minimum Gasteiger partial charge on any atom is -0.493 e. The zero-order valence-electron chi connectivity index (χ0n) is 11.6. The SMILES string of the molecule is COc1ccc(CNCC2(C)COC2)cc1OC(F)F. The highest BCUT2D eigenvalue weighted by Gasteiger charge is 2.32. The summed E-state index contributed by atoms with van der Waals surface area (Å²) in [5.74, 6) is 0.355. The molecule has 2 rings (SSSR count). The van der Waals surface area contributed by atoms with E-state index in [4.69, 9.17) is 9.47 Å². The molecule has 1 aromatic rings. The molecule has 1 N–H and O–H groups in total. The zero-order chi connectivity index (χ0) is 14.6. The van der Waals surface area contributed by atoms with Crippen LogP contribution in [-0.4, -0.2) is 33.5 Å². The number of benzene rings is 1. The van der Waals surface area contributed by atoms with Crippen molar-refractivity contribution < 1.29 is 23.0 Å². The number of methoxy groups -OCH3 is 1. The third-order valence-corrected chi connectivity index (χ3v) is 3.23. The lowest BCUT2D eigenvalue weighted by atomic mass is 9.89. The minimum atomic E-state index is -2.86. The average Bonchev–Trinajstić information content (AvgIpc) is 2.36. The van der Waals surface area contributed by atoms with Gasteiger partial charge in [-0.05, 0) is 17.7 Å². The zero-order valence-corrected chi connectivity index (χ0v) is 11.6. The van der Waals surface area contributed by atoms with Gasteiger partial charge in [-0.1, -0.05) is 13.0 Å². The van der Waals surface area contributed by atoms with E-state index in [1.54, 1.807) is 12.1 Å². The van der Waals surface area contributed by atoms with E-state index < -0.39 is 6.61 Å². The number of ether oxygens (including phenoxy) is 3. The normalized spacial score (nSPS) is 16.9. The van der Waals surface area contributed by atoms with Crippen LogP contribution in [0.15, 0.2) is 18.2 Å². The second-order valence-corrected chi connectivity index (χ2v) is 5.27. The van der Waals surface area contributed by atoms with Gasteiger partial charge in [0.05, 0.1) is 20.3 Å². The summed E-state index contributed by atoms with van der Waals surface area (Å²) in [7, 11) is 1.42. The molecule has 0 amide bonds. The van der Waals surface area contributed by atoms with E-state index in [9.17, 15) is 8.78 Å². The van der Waals surface area contributed by atoms with Gasteiger partial charge in [-0.15, -0.1) is 0 Å². The van der Waals surface area contributed by atoms with Gasteiger partial charge in [-0.25, -0.2) is 0 Å². The number of halogens is 2. The van der Waals surface area contributed by atoms with Gasteiger partial charge in [0.15, 0.2) is 11.5 Å². The molecule has 112 valence electrons. The van der Waals surface area contributed by atoms with Crippen LogP contribution in [-0.2, 0) is 11.3 Å². The number of rotatable bonds is 7. The highest BCUT2D eigenvalue weighted by molar-refractivity contribution is 5.42. The fraction of sp³-hybridized carbons (Fsp3) is 0.571. The van der Waals surface area contributed by atoms with Gasteiger partial charge in [0.1, 0.15) is 0 Å². The first-order valence-corrected chi connectivity index (χ1v) is 6.43. The standard InChI is InChI=1S/C14H19F2NO3/c1-14(8-19-9-14)7-17-6-10-3-4-11(18-2)12(5-10)20-13(15)16/h3-5,13,17H,6-9H2,1-2H3. The quantitative estimate of drug-likeness (QED) is 0.836. The predicted molar refractivity (Wildman–Crippen MR) is 70.3 cm³/mol. The number of hydrogen-bond acceptors (Lipinski definition) is 4. The lowest BCUT2D eigenvalue weighted by molar-refractivity contribution is -0.0991. The second-order valence-electron chi connectivity index (χ2n) is 5.27. The van der Waals surface area contributed by atoms with Crippen molar-refractivity contribution in [3.8, 4) is 11.5 Å². The lowest BCUT2D eigenvalue weighted by Gasteiger charge is -2.38. The molecule has 1 saturated heterocycles. The molecule has 0 unspecified atom stereocenters. The number of alkyl halides is 2. The van der Waals surface area contributed by atoms with Gasteiger partial charge in [-0.2, -0.15) is 8.78 Å². The molecule has 0 atom stereocenters. The second kappa shape index (κ2) is 6.37. The van der Waals surface area contributed by atoms with Crippen molar-refractivity contribution in [3.05, 3.63) is 23.8 Å². The van der Waals surface area contributed by atoms with E-state index in [0.717, 1.165) is 25.3 Å². The van der Waals surface area contributed by atoms with E-state index in [2.05, 4.69) is 17.0 Å². The van der Waals surface area contributed by atoms with Gasteiger partial charge in [0.2, 0.25) is 0 Å². The number of nitrogens with one attached hydrogen (secondary N) is 1. The van der Waals surface area contributed by atoms with E-state index in [1.165, 1.54) is 7.11 Å². The molecule has 6 heteroatoms. The Bertz CT molecular complexity index is 450. The van der Waals surface area contributed by atoms with Crippen molar-refractivity contribution in [2.75, 3.05) is 26.9 Å². The summed E-state index contributed by atoms with van der Waals surface area (Å²) in [6.07, 6.45) is 0. The fourth-order valence-corrected chi connectivity index (χ4v) is 2.08. The maximum absolute atomic E-state index is 12.3. The highest BCUT2D eigenvalue weighted by Crippen LogP contribution is 2.30. The van der Waals surface area contributed by atoms with Crippen LogP contribution in [0, 0.1) is 5.41 Å². The maximum Gasteiger partial charge on any atom is 0.387 e. The molecular weight excluding hydrogens is 268 g/mol. The molecule has 0 bridgehead atoms. The Kier molecular flexibility index (Phi) is 4.77. The first kappa shape index (κ1) is 15.0. The van der Waals surface area contributed by atoms with Crippen molar-refractivity contribution in [2.24, 2.45) is 5.41 Å². The summed E-state index contributed by atoms with van der Waals surface area (Å²) >= 11 is 0.